The molecule has 0 unspecified atom stereocenters. The van der Waals surface area contributed by atoms with Gasteiger partial charge in [0, 0.05) is 16.4 Å². The molecule has 0 aliphatic heterocycles. The molecular weight excluding hydrogens is 270 g/mol. The third-order valence-electron chi connectivity index (χ3n) is 1.42. The SMILES string of the molecule is CCOC(=O)c1ccc(N)cc1.O=S(=O)(O)Cl. The predicted octanol–water partition coefficient (Wildman–Crippen LogP) is 1.47. The number of rotatable bonds is 2. The van der Waals surface area contributed by atoms with Crippen molar-refractivity contribution in [2.24, 2.45) is 0 Å². The number of benzene rings is 1. The number of hydrogen-bond acceptors (Lipinski definition) is 5. The van der Waals surface area contributed by atoms with Crippen LogP contribution in [0.5, 0.6) is 0 Å². The molecule has 3 N–H and O–H groups in total. The zero-order chi connectivity index (χ0) is 13.5. The minimum absolute atomic E-state index is 0.308. The van der Waals surface area contributed by atoms with Gasteiger partial charge in [-0.05, 0) is 31.2 Å². The van der Waals surface area contributed by atoms with Crippen molar-refractivity contribution in [2.45, 2.75) is 6.92 Å². The molecule has 1 aromatic carbocycles. The molecule has 6 nitrogen and oxygen atoms in total. The van der Waals surface area contributed by atoms with Crippen LogP contribution in [0.2, 0.25) is 0 Å². The molecule has 0 aliphatic carbocycles. The number of hydrogen-bond donors (Lipinski definition) is 2. The topological polar surface area (TPSA) is 107 Å². The minimum Gasteiger partial charge on any atom is -0.462 e. The van der Waals surface area contributed by atoms with Crippen molar-refractivity contribution in [2.75, 3.05) is 12.3 Å². The Balaban J connectivity index is 0.000000437. The second kappa shape index (κ2) is 7.10. The molecule has 0 fully saturated rings. The maximum Gasteiger partial charge on any atom is 0.353 e. The van der Waals surface area contributed by atoms with E-state index in [2.05, 4.69) is 10.7 Å². The molecule has 8 heteroatoms. The minimum atomic E-state index is -4.19. The number of carbonyl (C=O) groups is 1. The standard InChI is InChI=1S/C9H11NO2.ClHO3S/c1-2-12-9(11)7-3-5-8(10)6-4-7;1-5(2,3)4/h3-6H,2,10H2,1H3;(H,2,3,4). The van der Waals surface area contributed by atoms with Gasteiger partial charge in [-0.25, -0.2) is 4.79 Å². The lowest BCUT2D eigenvalue weighted by molar-refractivity contribution is 0.0526. The van der Waals surface area contributed by atoms with Crippen LogP contribution in [-0.2, 0) is 14.1 Å². The van der Waals surface area contributed by atoms with E-state index in [0.29, 0.717) is 17.9 Å². The molecule has 17 heavy (non-hydrogen) atoms. The highest BCUT2D eigenvalue weighted by atomic mass is 35.7. The quantitative estimate of drug-likeness (QED) is 0.368. The Morgan fingerprint density at radius 2 is 1.82 bits per heavy atom. The molecule has 1 aromatic rings. The van der Waals surface area contributed by atoms with Crippen molar-refractivity contribution < 1.29 is 22.5 Å². The van der Waals surface area contributed by atoms with Crippen LogP contribution in [-0.4, -0.2) is 25.5 Å². The van der Waals surface area contributed by atoms with E-state index in [4.69, 9.17) is 23.4 Å². The van der Waals surface area contributed by atoms with E-state index in [1.807, 2.05) is 0 Å². The summed E-state index contributed by atoms with van der Waals surface area (Å²) < 4.78 is 30.0. The van der Waals surface area contributed by atoms with Gasteiger partial charge in [0.25, 0.3) is 0 Å². The monoisotopic (exact) mass is 281 g/mol. The highest BCUT2D eigenvalue weighted by molar-refractivity contribution is 8.09. The average molecular weight is 282 g/mol. The molecular formula is C9H12ClNO5S. The average Bonchev–Trinajstić information content (AvgIpc) is 2.16. The third-order valence-corrected chi connectivity index (χ3v) is 1.42. The first kappa shape index (κ1) is 15.7. The van der Waals surface area contributed by atoms with E-state index in [9.17, 15) is 4.79 Å². The van der Waals surface area contributed by atoms with Crippen LogP contribution in [0.3, 0.4) is 0 Å². The second-order valence-electron chi connectivity index (χ2n) is 2.75. The van der Waals surface area contributed by atoms with Crippen molar-refractivity contribution in [3.8, 4) is 0 Å². The first-order valence-electron chi connectivity index (χ1n) is 4.43. The summed E-state index contributed by atoms with van der Waals surface area (Å²) in [5.41, 5.74) is 6.62. The van der Waals surface area contributed by atoms with E-state index >= 15 is 0 Å². The normalized spacial score (nSPS) is 10.1. The van der Waals surface area contributed by atoms with Crippen LogP contribution in [0.1, 0.15) is 17.3 Å². The number of esters is 1. The molecule has 0 radical (unpaired) electrons. The van der Waals surface area contributed by atoms with Gasteiger partial charge in [0.15, 0.2) is 0 Å². The fourth-order valence-corrected chi connectivity index (χ4v) is 0.834. The summed E-state index contributed by atoms with van der Waals surface area (Å²) in [5.74, 6) is -0.308. The van der Waals surface area contributed by atoms with Gasteiger partial charge in [0.1, 0.15) is 0 Å². The molecule has 0 amide bonds. The lowest BCUT2D eigenvalue weighted by Crippen LogP contribution is -2.04. The van der Waals surface area contributed by atoms with Gasteiger partial charge in [-0.3, -0.25) is 4.55 Å². The van der Waals surface area contributed by atoms with Gasteiger partial charge in [0.2, 0.25) is 0 Å². The van der Waals surface area contributed by atoms with E-state index in [-0.39, 0.29) is 5.97 Å². The van der Waals surface area contributed by atoms with E-state index in [1.165, 1.54) is 0 Å². The van der Waals surface area contributed by atoms with Crippen molar-refractivity contribution in [3.05, 3.63) is 29.8 Å². The number of halogens is 1. The summed E-state index contributed by atoms with van der Waals surface area (Å²) in [6, 6.07) is 6.64. The Morgan fingerprint density at radius 1 is 1.41 bits per heavy atom. The zero-order valence-electron chi connectivity index (χ0n) is 8.96. The van der Waals surface area contributed by atoms with Gasteiger partial charge >= 0.3 is 15.3 Å². The lowest BCUT2D eigenvalue weighted by atomic mass is 10.2. The van der Waals surface area contributed by atoms with Crippen LogP contribution in [0.15, 0.2) is 24.3 Å². The summed E-state index contributed by atoms with van der Waals surface area (Å²) in [5, 5.41) is 0. The van der Waals surface area contributed by atoms with Crippen LogP contribution in [0.4, 0.5) is 5.69 Å². The smallest absolute Gasteiger partial charge is 0.353 e. The Kier molecular flexibility index (Phi) is 6.55. The summed E-state index contributed by atoms with van der Waals surface area (Å²) in [6.07, 6.45) is 0. The van der Waals surface area contributed by atoms with Crippen LogP contribution < -0.4 is 5.73 Å². The fraction of sp³-hybridized carbons (Fsp3) is 0.222. The van der Waals surface area contributed by atoms with E-state index in [0.717, 1.165) is 0 Å². The predicted molar refractivity (Wildman–Crippen MR) is 64.2 cm³/mol. The number of nitrogen functional groups attached to an aromatic ring is 1. The fourth-order valence-electron chi connectivity index (χ4n) is 0.834. The number of anilines is 1. The molecule has 0 aliphatic rings. The van der Waals surface area contributed by atoms with E-state index < -0.39 is 9.33 Å². The molecule has 0 bridgehead atoms. The highest BCUT2D eigenvalue weighted by Crippen LogP contribution is 2.06. The van der Waals surface area contributed by atoms with Crippen molar-refractivity contribution in [3.63, 3.8) is 0 Å². The van der Waals surface area contributed by atoms with Crippen LogP contribution in [0.25, 0.3) is 0 Å². The molecule has 0 spiro atoms. The Hall–Kier alpha value is -1.31. The summed E-state index contributed by atoms with van der Waals surface area (Å²) in [7, 11) is -0.137. The van der Waals surface area contributed by atoms with Gasteiger partial charge in [-0.2, -0.15) is 8.42 Å². The third kappa shape index (κ3) is 9.61. The van der Waals surface area contributed by atoms with Crippen LogP contribution >= 0.6 is 10.7 Å². The summed E-state index contributed by atoms with van der Waals surface area (Å²) >= 11 is 0. The first-order valence-corrected chi connectivity index (χ1v) is 6.70. The number of ether oxygens (including phenoxy) is 1. The highest BCUT2D eigenvalue weighted by Gasteiger charge is 2.03. The van der Waals surface area contributed by atoms with Crippen molar-refractivity contribution in [1.29, 1.82) is 0 Å². The molecule has 0 heterocycles. The van der Waals surface area contributed by atoms with Crippen LogP contribution in [0, 0.1) is 0 Å². The lowest BCUT2D eigenvalue weighted by Gasteiger charge is -2.00. The Labute approximate surface area is 104 Å². The molecule has 0 aromatic heterocycles. The molecule has 0 saturated heterocycles. The molecule has 96 valence electrons. The summed E-state index contributed by atoms with van der Waals surface area (Å²) in [6.45, 7) is 2.17. The first-order chi connectivity index (χ1) is 7.74. The Morgan fingerprint density at radius 3 is 2.18 bits per heavy atom. The molecule has 1 rings (SSSR count). The maximum atomic E-state index is 11.1. The maximum absolute atomic E-state index is 11.1. The second-order valence-corrected chi connectivity index (χ2v) is 4.75. The van der Waals surface area contributed by atoms with E-state index in [1.54, 1.807) is 31.2 Å². The van der Waals surface area contributed by atoms with Gasteiger partial charge < -0.3 is 10.5 Å². The zero-order valence-corrected chi connectivity index (χ0v) is 10.5. The Bertz CT molecular complexity index is 449. The van der Waals surface area contributed by atoms with Crippen molar-refractivity contribution >= 4 is 31.7 Å². The number of carbonyl (C=O) groups excluding carboxylic acids is 1. The summed E-state index contributed by atoms with van der Waals surface area (Å²) in [4.78, 5) is 11.1. The molecule has 0 saturated carbocycles. The van der Waals surface area contributed by atoms with Gasteiger partial charge in [-0.1, -0.05) is 0 Å². The largest absolute Gasteiger partial charge is 0.462 e. The van der Waals surface area contributed by atoms with Gasteiger partial charge in [0.05, 0.1) is 12.2 Å². The molecule has 0 atom stereocenters. The van der Waals surface area contributed by atoms with Crippen molar-refractivity contribution in [1.82, 2.24) is 0 Å². The van der Waals surface area contributed by atoms with Gasteiger partial charge in [-0.15, -0.1) is 0 Å². The number of nitrogens with two attached hydrogens (primary N) is 1.